The third-order valence-corrected chi connectivity index (χ3v) is 1.87. The van der Waals surface area contributed by atoms with E-state index in [0.29, 0.717) is 11.6 Å². The second kappa shape index (κ2) is 4.86. The average molecular weight is 226 g/mol. The number of nitrogens with one attached hydrogen (secondary N) is 1. The van der Waals surface area contributed by atoms with Crippen molar-refractivity contribution in [2.75, 3.05) is 0 Å². The monoisotopic (exact) mass is 225 g/mol. The molecule has 80 valence electrons. The van der Waals surface area contributed by atoms with Crippen LogP contribution < -0.4 is 5.73 Å². The molecule has 2 heterocycles. The highest BCUT2D eigenvalue weighted by atomic mass is 35.5. The van der Waals surface area contributed by atoms with Gasteiger partial charge < -0.3 is 5.73 Å². The van der Waals surface area contributed by atoms with Crippen molar-refractivity contribution in [2.45, 2.75) is 13.0 Å². The fourth-order valence-corrected chi connectivity index (χ4v) is 1.11. The summed E-state index contributed by atoms with van der Waals surface area (Å²) < 4.78 is 0. The van der Waals surface area contributed by atoms with Crippen molar-refractivity contribution in [3.8, 4) is 11.4 Å². The maximum absolute atomic E-state index is 5.66. The molecule has 0 aromatic carbocycles. The highest BCUT2D eigenvalue weighted by Gasteiger charge is 2.07. The third kappa shape index (κ3) is 2.51. The summed E-state index contributed by atoms with van der Waals surface area (Å²) in [5, 5.41) is 6.86. The number of hydrogen-bond acceptors (Lipinski definition) is 4. The molecule has 0 spiro atoms. The van der Waals surface area contributed by atoms with Crippen molar-refractivity contribution < 1.29 is 0 Å². The molecule has 0 aliphatic rings. The number of nitrogens with two attached hydrogens (primary N) is 1. The van der Waals surface area contributed by atoms with E-state index in [9.17, 15) is 0 Å². The molecule has 15 heavy (non-hydrogen) atoms. The molecule has 0 fully saturated rings. The minimum Gasteiger partial charge on any atom is -0.322 e. The van der Waals surface area contributed by atoms with Gasteiger partial charge in [-0.3, -0.25) is 10.1 Å². The summed E-state index contributed by atoms with van der Waals surface area (Å²) in [6.45, 7) is 1.86. The van der Waals surface area contributed by atoms with E-state index in [0.717, 1.165) is 5.56 Å². The average Bonchev–Trinajstić information content (AvgIpc) is 2.68. The van der Waals surface area contributed by atoms with Gasteiger partial charge in [0, 0.05) is 18.0 Å². The summed E-state index contributed by atoms with van der Waals surface area (Å²) in [6, 6.07) is 3.58. The van der Waals surface area contributed by atoms with Gasteiger partial charge in [0.05, 0.1) is 6.04 Å². The lowest BCUT2D eigenvalue weighted by Crippen LogP contribution is -2.06. The van der Waals surface area contributed by atoms with Gasteiger partial charge in [-0.2, -0.15) is 5.10 Å². The lowest BCUT2D eigenvalue weighted by Gasteiger charge is -1.96. The van der Waals surface area contributed by atoms with Gasteiger partial charge >= 0.3 is 0 Å². The van der Waals surface area contributed by atoms with Crippen molar-refractivity contribution in [1.82, 2.24) is 20.2 Å². The van der Waals surface area contributed by atoms with E-state index in [1.54, 1.807) is 12.4 Å². The van der Waals surface area contributed by atoms with E-state index in [1.807, 2.05) is 19.1 Å². The Kier molecular flexibility index (Phi) is 3.76. The van der Waals surface area contributed by atoms with Crippen LogP contribution in [0.3, 0.4) is 0 Å². The third-order valence-electron chi connectivity index (χ3n) is 1.87. The standard InChI is InChI=1S/C9H11N5.ClH/c1-6(10)8-12-9(14-13-8)7-2-4-11-5-3-7;/h2-6H,10H2,1H3,(H,12,13,14);1H/t6-;/m0./s1. The minimum atomic E-state index is -0.127. The van der Waals surface area contributed by atoms with Crippen LogP contribution in [0.5, 0.6) is 0 Å². The molecule has 0 unspecified atom stereocenters. The summed E-state index contributed by atoms with van der Waals surface area (Å²) in [7, 11) is 0. The number of rotatable bonds is 2. The van der Waals surface area contributed by atoms with Crippen LogP contribution in [-0.2, 0) is 0 Å². The maximum atomic E-state index is 5.66. The first kappa shape index (κ1) is 11.6. The Balaban J connectivity index is 0.00000112. The van der Waals surface area contributed by atoms with Gasteiger partial charge in [-0.25, -0.2) is 4.98 Å². The first-order valence-electron chi connectivity index (χ1n) is 4.35. The van der Waals surface area contributed by atoms with Crippen LogP contribution >= 0.6 is 12.4 Å². The Morgan fingerprint density at radius 3 is 2.53 bits per heavy atom. The number of halogens is 1. The molecule has 0 amide bonds. The van der Waals surface area contributed by atoms with Crippen LogP contribution in [0.2, 0.25) is 0 Å². The lowest BCUT2D eigenvalue weighted by molar-refractivity contribution is 0.745. The van der Waals surface area contributed by atoms with Crippen LogP contribution in [0.25, 0.3) is 11.4 Å². The molecule has 6 heteroatoms. The van der Waals surface area contributed by atoms with E-state index in [4.69, 9.17) is 5.73 Å². The molecular weight excluding hydrogens is 214 g/mol. The topological polar surface area (TPSA) is 80.5 Å². The van der Waals surface area contributed by atoms with Gasteiger partial charge in [0.1, 0.15) is 5.82 Å². The number of aromatic nitrogens is 4. The van der Waals surface area contributed by atoms with Crippen LogP contribution in [0.15, 0.2) is 24.5 Å². The lowest BCUT2D eigenvalue weighted by atomic mass is 10.2. The fraction of sp³-hybridized carbons (Fsp3) is 0.222. The zero-order chi connectivity index (χ0) is 9.97. The predicted molar refractivity (Wildman–Crippen MR) is 59.5 cm³/mol. The van der Waals surface area contributed by atoms with Crippen molar-refractivity contribution >= 4 is 12.4 Å². The highest BCUT2D eigenvalue weighted by molar-refractivity contribution is 5.85. The van der Waals surface area contributed by atoms with Crippen LogP contribution in [-0.4, -0.2) is 20.2 Å². The van der Waals surface area contributed by atoms with E-state index in [-0.39, 0.29) is 18.4 Å². The zero-order valence-electron chi connectivity index (χ0n) is 8.21. The summed E-state index contributed by atoms with van der Waals surface area (Å²) in [5.74, 6) is 1.34. The van der Waals surface area contributed by atoms with Gasteiger partial charge in [0.25, 0.3) is 0 Å². The van der Waals surface area contributed by atoms with Gasteiger partial charge in [-0.15, -0.1) is 12.4 Å². The Hall–Kier alpha value is -1.46. The molecule has 0 bridgehead atoms. The first-order valence-corrected chi connectivity index (χ1v) is 4.35. The highest BCUT2D eigenvalue weighted by Crippen LogP contribution is 2.14. The van der Waals surface area contributed by atoms with Gasteiger partial charge in [0.15, 0.2) is 5.82 Å². The Morgan fingerprint density at radius 2 is 2.00 bits per heavy atom. The molecular formula is C9H12ClN5. The molecule has 1 atom stereocenters. The molecule has 2 rings (SSSR count). The van der Waals surface area contributed by atoms with E-state index < -0.39 is 0 Å². The fourth-order valence-electron chi connectivity index (χ4n) is 1.11. The van der Waals surface area contributed by atoms with Gasteiger partial charge in [-0.1, -0.05) is 0 Å². The minimum absolute atomic E-state index is 0. The number of H-pyrrole nitrogens is 1. The SMILES string of the molecule is C[C@H](N)c1nc(-c2ccncc2)n[nH]1.Cl. The smallest absolute Gasteiger partial charge is 0.181 e. The molecule has 0 radical (unpaired) electrons. The van der Waals surface area contributed by atoms with Crippen molar-refractivity contribution in [2.24, 2.45) is 5.73 Å². The number of aromatic amines is 1. The number of hydrogen-bond donors (Lipinski definition) is 2. The maximum Gasteiger partial charge on any atom is 0.181 e. The molecule has 2 aromatic rings. The zero-order valence-corrected chi connectivity index (χ0v) is 9.03. The summed E-state index contributed by atoms with van der Waals surface area (Å²) in [4.78, 5) is 8.18. The molecule has 0 aliphatic carbocycles. The van der Waals surface area contributed by atoms with Crippen LogP contribution in [0.1, 0.15) is 18.8 Å². The quantitative estimate of drug-likeness (QED) is 0.808. The van der Waals surface area contributed by atoms with Crippen molar-refractivity contribution in [3.05, 3.63) is 30.4 Å². The molecule has 2 aromatic heterocycles. The van der Waals surface area contributed by atoms with Crippen molar-refractivity contribution in [1.29, 1.82) is 0 Å². The summed E-state index contributed by atoms with van der Waals surface area (Å²) in [5.41, 5.74) is 6.59. The van der Waals surface area contributed by atoms with Crippen LogP contribution in [0, 0.1) is 0 Å². The predicted octanol–water partition coefficient (Wildman–Crippen LogP) is 1.31. The molecule has 0 aliphatic heterocycles. The van der Waals surface area contributed by atoms with Gasteiger partial charge in [-0.05, 0) is 19.1 Å². The van der Waals surface area contributed by atoms with E-state index >= 15 is 0 Å². The normalized spacial score (nSPS) is 11.9. The van der Waals surface area contributed by atoms with Gasteiger partial charge in [0.2, 0.25) is 0 Å². The van der Waals surface area contributed by atoms with Crippen LogP contribution in [0.4, 0.5) is 0 Å². The van der Waals surface area contributed by atoms with E-state index in [2.05, 4.69) is 20.2 Å². The number of pyridine rings is 1. The second-order valence-corrected chi connectivity index (χ2v) is 3.07. The van der Waals surface area contributed by atoms with E-state index in [1.165, 1.54) is 0 Å². The molecule has 0 saturated heterocycles. The van der Waals surface area contributed by atoms with Crippen molar-refractivity contribution in [3.63, 3.8) is 0 Å². The summed E-state index contributed by atoms with van der Waals surface area (Å²) >= 11 is 0. The first-order chi connectivity index (χ1) is 6.77. The molecule has 3 N–H and O–H groups in total. The number of nitrogens with zero attached hydrogens (tertiary/aromatic N) is 3. The Bertz CT molecular complexity index is 411. The largest absolute Gasteiger partial charge is 0.322 e. The summed E-state index contributed by atoms with van der Waals surface area (Å²) in [6.07, 6.45) is 3.41. The Labute approximate surface area is 93.5 Å². The Morgan fingerprint density at radius 1 is 1.33 bits per heavy atom. The second-order valence-electron chi connectivity index (χ2n) is 3.07. The molecule has 0 saturated carbocycles. The molecule has 5 nitrogen and oxygen atoms in total.